The summed E-state index contributed by atoms with van der Waals surface area (Å²) in [6.07, 6.45) is 0. The smallest absolute Gasteiger partial charge is 0.278 e. The Morgan fingerprint density at radius 2 is 1.77 bits per heavy atom. The second kappa shape index (κ2) is 9.48. The number of benzene rings is 2. The van der Waals surface area contributed by atoms with E-state index in [1.54, 1.807) is 43.3 Å². The molecule has 0 saturated heterocycles. The van der Waals surface area contributed by atoms with Gasteiger partial charge in [-0.25, -0.2) is 4.68 Å². The molecule has 0 aliphatic rings. The zero-order valence-corrected chi connectivity index (χ0v) is 18.3. The number of ether oxygens (including phenoxy) is 2. The van der Waals surface area contributed by atoms with Gasteiger partial charge in [0.25, 0.3) is 5.91 Å². The standard InChI is InChI=1S/C21H22ClN5O4/c1-12-5-6-14(22)9-16(12)24-21(29)20-13(2)27(26-25-20)11-19(28)23-15-7-8-17(30-3)18(10-15)31-4/h5-10H,11H2,1-4H3,(H,23,28)(H,24,29). The highest BCUT2D eigenvalue weighted by Crippen LogP contribution is 2.29. The van der Waals surface area contributed by atoms with Crippen LogP contribution in [0.2, 0.25) is 5.02 Å². The molecule has 0 aliphatic carbocycles. The molecule has 0 saturated carbocycles. The van der Waals surface area contributed by atoms with Crippen molar-refractivity contribution >= 4 is 34.8 Å². The molecule has 31 heavy (non-hydrogen) atoms. The van der Waals surface area contributed by atoms with Crippen molar-refractivity contribution < 1.29 is 19.1 Å². The number of carbonyl (C=O) groups excluding carboxylic acids is 2. The van der Waals surface area contributed by atoms with Gasteiger partial charge in [-0.05, 0) is 43.7 Å². The summed E-state index contributed by atoms with van der Waals surface area (Å²) in [6.45, 7) is 3.41. The monoisotopic (exact) mass is 443 g/mol. The molecule has 9 nitrogen and oxygen atoms in total. The molecular weight excluding hydrogens is 422 g/mol. The van der Waals surface area contributed by atoms with Crippen LogP contribution in [0.5, 0.6) is 11.5 Å². The normalized spacial score (nSPS) is 10.5. The summed E-state index contributed by atoms with van der Waals surface area (Å²) >= 11 is 6.00. The molecule has 2 aromatic carbocycles. The van der Waals surface area contributed by atoms with E-state index in [2.05, 4.69) is 20.9 Å². The van der Waals surface area contributed by atoms with Crippen molar-refractivity contribution in [3.05, 3.63) is 58.4 Å². The molecule has 0 aliphatic heterocycles. The average molecular weight is 444 g/mol. The van der Waals surface area contributed by atoms with Crippen LogP contribution >= 0.6 is 11.6 Å². The minimum Gasteiger partial charge on any atom is -0.493 e. The maximum absolute atomic E-state index is 12.6. The van der Waals surface area contributed by atoms with Gasteiger partial charge in [0, 0.05) is 22.5 Å². The molecule has 10 heteroatoms. The Morgan fingerprint density at radius 3 is 2.48 bits per heavy atom. The molecule has 0 bridgehead atoms. The number of nitrogens with zero attached hydrogens (tertiary/aromatic N) is 3. The predicted molar refractivity (Wildman–Crippen MR) is 117 cm³/mol. The Kier molecular flexibility index (Phi) is 6.76. The van der Waals surface area contributed by atoms with Crippen LogP contribution in [0, 0.1) is 13.8 Å². The number of amides is 2. The number of halogens is 1. The van der Waals surface area contributed by atoms with Crippen LogP contribution in [0.1, 0.15) is 21.7 Å². The first kappa shape index (κ1) is 22.1. The molecule has 3 rings (SSSR count). The lowest BCUT2D eigenvalue weighted by Gasteiger charge is -2.11. The lowest BCUT2D eigenvalue weighted by molar-refractivity contribution is -0.117. The molecule has 1 heterocycles. The summed E-state index contributed by atoms with van der Waals surface area (Å²) < 4.78 is 11.8. The number of nitrogens with one attached hydrogen (secondary N) is 2. The average Bonchev–Trinajstić information content (AvgIpc) is 3.10. The first-order chi connectivity index (χ1) is 14.8. The Bertz CT molecular complexity index is 1130. The van der Waals surface area contributed by atoms with Gasteiger partial charge in [-0.3, -0.25) is 9.59 Å². The van der Waals surface area contributed by atoms with Crippen molar-refractivity contribution in [3.8, 4) is 11.5 Å². The fourth-order valence-corrected chi connectivity index (χ4v) is 3.05. The molecule has 2 N–H and O–H groups in total. The summed E-state index contributed by atoms with van der Waals surface area (Å²) in [5.74, 6) is 0.276. The first-order valence-electron chi connectivity index (χ1n) is 9.32. The third-order valence-corrected chi connectivity index (χ3v) is 4.84. The van der Waals surface area contributed by atoms with Gasteiger partial charge in [0.15, 0.2) is 17.2 Å². The minimum absolute atomic E-state index is 0.114. The van der Waals surface area contributed by atoms with E-state index in [4.69, 9.17) is 21.1 Å². The van der Waals surface area contributed by atoms with Crippen LogP contribution < -0.4 is 20.1 Å². The maximum Gasteiger partial charge on any atom is 0.278 e. The Hall–Kier alpha value is -3.59. The highest BCUT2D eigenvalue weighted by molar-refractivity contribution is 6.31. The van der Waals surface area contributed by atoms with Crippen LogP contribution in [-0.4, -0.2) is 41.0 Å². The zero-order valence-electron chi connectivity index (χ0n) is 17.5. The fourth-order valence-electron chi connectivity index (χ4n) is 2.88. The number of anilines is 2. The number of aryl methyl sites for hydroxylation is 1. The van der Waals surface area contributed by atoms with Crippen LogP contribution in [0.4, 0.5) is 11.4 Å². The van der Waals surface area contributed by atoms with Crippen LogP contribution in [0.3, 0.4) is 0 Å². The van der Waals surface area contributed by atoms with E-state index in [1.165, 1.54) is 18.9 Å². The number of carbonyl (C=O) groups is 2. The second-order valence-corrected chi connectivity index (χ2v) is 7.15. The van der Waals surface area contributed by atoms with Crippen molar-refractivity contribution in [1.82, 2.24) is 15.0 Å². The molecule has 0 radical (unpaired) electrons. The van der Waals surface area contributed by atoms with Crippen molar-refractivity contribution in [1.29, 1.82) is 0 Å². The molecule has 162 valence electrons. The molecule has 0 atom stereocenters. The quantitative estimate of drug-likeness (QED) is 0.579. The largest absolute Gasteiger partial charge is 0.493 e. The van der Waals surface area contributed by atoms with E-state index in [1.807, 2.05) is 6.92 Å². The predicted octanol–water partition coefficient (Wildman–Crippen LogP) is 3.46. The fraction of sp³-hybridized carbons (Fsp3) is 0.238. The SMILES string of the molecule is COc1ccc(NC(=O)Cn2nnc(C(=O)Nc3cc(Cl)ccc3C)c2C)cc1OC. The summed E-state index contributed by atoms with van der Waals surface area (Å²) in [4.78, 5) is 25.1. The third-order valence-electron chi connectivity index (χ3n) is 4.61. The number of aromatic nitrogens is 3. The van der Waals surface area contributed by atoms with Crippen molar-refractivity contribution in [2.75, 3.05) is 24.9 Å². The van der Waals surface area contributed by atoms with Crippen LogP contribution in [-0.2, 0) is 11.3 Å². The third kappa shape index (κ3) is 5.13. The highest BCUT2D eigenvalue weighted by Gasteiger charge is 2.19. The molecule has 1 aromatic heterocycles. The Balaban J connectivity index is 1.69. The van der Waals surface area contributed by atoms with Gasteiger partial charge in [0.05, 0.1) is 19.9 Å². The van der Waals surface area contributed by atoms with E-state index in [0.717, 1.165) is 5.56 Å². The lowest BCUT2D eigenvalue weighted by atomic mass is 10.2. The van der Waals surface area contributed by atoms with Gasteiger partial charge >= 0.3 is 0 Å². The number of hydrogen-bond acceptors (Lipinski definition) is 6. The van der Waals surface area contributed by atoms with Gasteiger partial charge < -0.3 is 20.1 Å². The van der Waals surface area contributed by atoms with Crippen molar-refractivity contribution in [2.24, 2.45) is 0 Å². The number of methoxy groups -OCH3 is 2. The van der Waals surface area contributed by atoms with E-state index < -0.39 is 5.91 Å². The molecule has 2 amide bonds. The van der Waals surface area contributed by atoms with Gasteiger partial charge in [0.1, 0.15) is 6.54 Å². The summed E-state index contributed by atoms with van der Waals surface area (Å²) in [5, 5.41) is 13.9. The lowest BCUT2D eigenvalue weighted by Crippen LogP contribution is -2.21. The Morgan fingerprint density at radius 1 is 1.03 bits per heavy atom. The molecule has 0 spiro atoms. The molecular formula is C21H22ClN5O4. The van der Waals surface area contributed by atoms with Crippen LogP contribution in [0.15, 0.2) is 36.4 Å². The molecule has 0 fully saturated rings. The number of rotatable bonds is 7. The maximum atomic E-state index is 12.6. The second-order valence-electron chi connectivity index (χ2n) is 6.71. The highest BCUT2D eigenvalue weighted by atomic mass is 35.5. The molecule has 0 unspecified atom stereocenters. The van der Waals surface area contributed by atoms with Crippen molar-refractivity contribution in [3.63, 3.8) is 0 Å². The van der Waals surface area contributed by atoms with E-state index in [-0.39, 0.29) is 18.1 Å². The number of hydrogen-bond donors (Lipinski definition) is 2. The summed E-state index contributed by atoms with van der Waals surface area (Å²) in [6, 6.07) is 10.2. The van der Waals surface area contributed by atoms with Crippen LogP contribution in [0.25, 0.3) is 0 Å². The minimum atomic E-state index is -0.436. The van der Waals surface area contributed by atoms with Gasteiger partial charge in [-0.2, -0.15) is 0 Å². The van der Waals surface area contributed by atoms with E-state index in [0.29, 0.717) is 33.6 Å². The summed E-state index contributed by atoms with van der Waals surface area (Å²) in [5.41, 5.74) is 2.56. The van der Waals surface area contributed by atoms with Gasteiger partial charge in [-0.15, -0.1) is 5.10 Å². The Labute approximate surface area is 184 Å². The van der Waals surface area contributed by atoms with E-state index in [9.17, 15) is 9.59 Å². The van der Waals surface area contributed by atoms with E-state index >= 15 is 0 Å². The summed E-state index contributed by atoms with van der Waals surface area (Å²) in [7, 11) is 3.05. The topological polar surface area (TPSA) is 107 Å². The van der Waals surface area contributed by atoms with Crippen molar-refractivity contribution in [2.45, 2.75) is 20.4 Å². The van der Waals surface area contributed by atoms with Gasteiger partial charge in [0.2, 0.25) is 5.91 Å². The molecule has 3 aromatic rings. The van der Waals surface area contributed by atoms with Gasteiger partial charge in [-0.1, -0.05) is 22.9 Å². The first-order valence-corrected chi connectivity index (χ1v) is 9.69. The zero-order chi connectivity index (χ0) is 22.5.